The highest BCUT2D eigenvalue weighted by Gasteiger charge is 2.45. The Morgan fingerprint density at radius 1 is 1.53 bits per heavy atom. The van der Waals surface area contributed by atoms with Crippen molar-refractivity contribution in [1.29, 1.82) is 0 Å². The monoisotopic (exact) mass is 206 g/mol. The van der Waals surface area contributed by atoms with E-state index in [1.165, 1.54) is 19.3 Å². The van der Waals surface area contributed by atoms with E-state index in [4.69, 9.17) is 6.42 Å². The fraction of sp³-hybridized carbons (Fsp3) is 0.846. The van der Waals surface area contributed by atoms with Crippen LogP contribution >= 0.6 is 0 Å². The number of hydrogen-bond donors (Lipinski definition) is 1. The van der Waals surface area contributed by atoms with Crippen molar-refractivity contribution < 1.29 is 0 Å². The Morgan fingerprint density at radius 3 is 2.80 bits per heavy atom. The molecule has 1 N–H and O–H groups in total. The molecule has 1 heterocycles. The lowest BCUT2D eigenvalue weighted by Crippen LogP contribution is -2.63. The standard InChI is InChI=1S/C13H22N2/c1-4-8-15-10-13(3,11-6-7-11)14-9-12(15)5-2/h1,11-12,14H,5-10H2,2-3H3. The molecule has 0 spiro atoms. The molecule has 2 fully saturated rings. The van der Waals surface area contributed by atoms with E-state index in [0.29, 0.717) is 11.6 Å². The number of nitrogens with one attached hydrogen (secondary N) is 1. The van der Waals surface area contributed by atoms with Gasteiger partial charge in [-0.15, -0.1) is 6.42 Å². The third-order valence-electron chi connectivity index (χ3n) is 4.03. The lowest BCUT2D eigenvalue weighted by atomic mass is 9.90. The first-order valence-corrected chi connectivity index (χ1v) is 6.12. The molecule has 2 atom stereocenters. The zero-order chi connectivity index (χ0) is 10.9. The van der Waals surface area contributed by atoms with Gasteiger partial charge in [0.15, 0.2) is 0 Å². The van der Waals surface area contributed by atoms with Gasteiger partial charge in [-0.3, -0.25) is 4.90 Å². The minimum atomic E-state index is 0.322. The molecule has 1 saturated heterocycles. The molecule has 2 heteroatoms. The first-order valence-electron chi connectivity index (χ1n) is 6.12. The van der Waals surface area contributed by atoms with Crippen molar-refractivity contribution in [3.63, 3.8) is 0 Å². The summed E-state index contributed by atoms with van der Waals surface area (Å²) < 4.78 is 0. The van der Waals surface area contributed by atoms with E-state index in [9.17, 15) is 0 Å². The lowest BCUT2D eigenvalue weighted by Gasteiger charge is -2.46. The predicted molar refractivity (Wildman–Crippen MR) is 63.6 cm³/mol. The van der Waals surface area contributed by atoms with Crippen LogP contribution in [0.1, 0.15) is 33.1 Å². The predicted octanol–water partition coefficient (Wildman–Crippen LogP) is 1.47. The maximum atomic E-state index is 5.44. The van der Waals surface area contributed by atoms with Crippen LogP contribution in [-0.4, -0.2) is 36.1 Å². The largest absolute Gasteiger partial charge is 0.308 e. The second kappa shape index (κ2) is 4.15. The van der Waals surface area contributed by atoms with Gasteiger partial charge in [0.2, 0.25) is 0 Å². The van der Waals surface area contributed by atoms with Crippen LogP contribution in [-0.2, 0) is 0 Å². The van der Waals surface area contributed by atoms with Gasteiger partial charge in [-0.25, -0.2) is 0 Å². The van der Waals surface area contributed by atoms with E-state index < -0.39 is 0 Å². The van der Waals surface area contributed by atoms with Gasteiger partial charge in [-0.05, 0) is 32.1 Å². The van der Waals surface area contributed by atoms with E-state index >= 15 is 0 Å². The van der Waals surface area contributed by atoms with Crippen molar-refractivity contribution in [2.45, 2.75) is 44.7 Å². The van der Waals surface area contributed by atoms with E-state index in [1.54, 1.807) is 0 Å². The summed E-state index contributed by atoms with van der Waals surface area (Å²) in [5.74, 6) is 3.68. The van der Waals surface area contributed by atoms with Gasteiger partial charge in [-0.2, -0.15) is 0 Å². The second-order valence-electron chi connectivity index (χ2n) is 5.24. The van der Waals surface area contributed by atoms with Gasteiger partial charge in [0.25, 0.3) is 0 Å². The molecule has 84 valence electrons. The average Bonchev–Trinajstić information content (AvgIpc) is 3.02. The molecule has 15 heavy (non-hydrogen) atoms. The van der Waals surface area contributed by atoms with Crippen LogP contribution in [0.4, 0.5) is 0 Å². The molecule has 0 amide bonds. The summed E-state index contributed by atoms with van der Waals surface area (Å²) in [5, 5.41) is 3.74. The molecule has 2 unspecified atom stereocenters. The molecule has 0 radical (unpaired) electrons. The summed E-state index contributed by atoms with van der Waals surface area (Å²) in [5.41, 5.74) is 0.322. The zero-order valence-electron chi connectivity index (χ0n) is 9.92. The Hall–Kier alpha value is -0.520. The van der Waals surface area contributed by atoms with Crippen molar-refractivity contribution in [3.05, 3.63) is 0 Å². The van der Waals surface area contributed by atoms with Crippen LogP contribution in [0.5, 0.6) is 0 Å². The number of hydrogen-bond acceptors (Lipinski definition) is 2. The summed E-state index contributed by atoms with van der Waals surface area (Å²) in [4.78, 5) is 2.48. The van der Waals surface area contributed by atoms with E-state index in [2.05, 4.69) is 30.0 Å². The lowest BCUT2D eigenvalue weighted by molar-refractivity contribution is 0.0852. The number of terminal acetylenes is 1. The van der Waals surface area contributed by atoms with Crippen LogP contribution < -0.4 is 5.32 Å². The van der Waals surface area contributed by atoms with Gasteiger partial charge in [0.05, 0.1) is 6.54 Å². The Kier molecular flexibility index (Phi) is 3.04. The minimum Gasteiger partial charge on any atom is -0.308 e. The maximum absolute atomic E-state index is 5.44. The summed E-state index contributed by atoms with van der Waals surface area (Å²) in [7, 11) is 0. The zero-order valence-corrected chi connectivity index (χ0v) is 9.92. The van der Waals surface area contributed by atoms with Crippen LogP contribution in [0, 0.1) is 18.3 Å². The molecule has 0 bridgehead atoms. The highest BCUT2D eigenvalue weighted by atomic mass is 15.3. The SMILES string of the molecule is C#CCN1CC(C)(C2CC2)NCC1CC. The smallest absolute Gasteiger partial charge is 0.0602 e. The minimum absolute atomic E-state index is 0.322. The Morgan fingerprint density at radius 2 is 2.27 bits per heavy atom. The average molecular weight is 206 g/mol. The molecule has 1 aliphatic carbocycles. The first-order chi connectivity index (χ1) is 7.19. The Bertz CT molecular complexity index is 264. The molecule has 0 aromatic carbocycles. The molecule has 0 aromatic heterocycles. The van der Waals surface area contributed by atoms with Crippen molar-refractivity contribution in [2.24, 2.45) is 5.92 Å². The summed E-state index contributed by atoms with van der Waals surface area (Å²) in [6, 6.07) is 0.632. The van der Waals surface area contributed by atoms with Crippen molar-refractivity contribution in [2.75, 3.05) is 19.6 Å². The molecule has 2 nitrogen and oxygen atoms in total. The Balaban J connectivity index is 2.01. The fourth-order valence-corrected chi connectivity index (χ4v) is 2.79. The van der Waals surface area contributed by atoms with Crippen LogP contribution in [0.25, 0.3) is 0 Å². The normalized spacial score (nSPS) is 37.5. The second-order valence-corrected chi connectivity index (χ2v) is 5.24. The van der Waals surface area contributed by atoms with Gasteiger partial charge >= 0.3 is 0 Å². The van der Waals surface area contributed by atoms with E-state index in [-0.39, 0.29) is 0 Å². The quantitative estimate of drug-likeness (QED) is 0.704. The third-order valence-corrected chi connectivity index (χ3v) is 4.03. The van der Waals surface area contributed by atoms with Crippen molar-refractivity contribution in [1.82, 2.24) is 10.2 Å². The topological polar surface area (TPSA) is 15.3 Å². The Labute approximate surface area is 93.4 Å². The third kappa shape index (κ3) is 2.19. The van der Waals surface area contributed by atoms with Crippen molar-refractivity contribution >= 4 is 0 Å². The van der Waals surface area contributed by atoms with Gasteiger partial charge in [-0.1, -0.05) is 12.8 Å². The van der Waals surface area contributed by atoms with Crippen LogP contribution in [0.15, 0.2) is 0 Å². The van der Waals surface area contributed by atoms with Gasteiger partial charge < -0.3 is 5.32 Å². The van der Waals surface area contributed by atoms with Gasteiger partial charge in [0, 0.05) is 24.7 Å². The molecule has 2 aliphatic rings. The molecular weight excluding hydrogens is 184 g/mol. The molecule has 1 aliphatic heterocycles. The summed E-state index contributed by atoms with van der Waals surface area (Å²) >= 11 is 0. The number of nitrogens with zero attached hydrogens (tertiary/aromatic N) is 1. The summed E-state index contributed by atoms with van der Waals surface area (Å²) in [6.45, 7) is 7.64. The highest BCUT2D eigenvalue weighted by molar-refractivity contribution is 5.05. The van der Waals surface area contributed by atoms with Gasteiger partial charge in [0.1, 0.15) is 0 Å². The first kappa shape index (κ1) is 11.0. The fourth-order valence-electron chi connectivity index (χ4n) is 2.79. The van der Waals surface area contributed by atoms with E-state index in [1.807, 2.05) is 0 Å². The maximum Gasteiger partial charge on any atom is 0.0602 e. The number of rotatable bonds is 3. The molecule has 2 rings (SSSR count). The molecular formula is C13H22N2. The number of piperazine rings is 1. The molecule has 0 aromatic rings. The van der Waals surface area contributed by atoms with Crippen molar-refractivity contribution in [3.8, 4) is 12.3 Å². The highest BCUT2D eigenvalue weighted by Crippen LogP contribution is 2.41. The van der Waals surface area contributed by atoms with Crippen LogP contribution in [0.3, 0.4) is 0 Å². The molecule has 1 saturated carbocycles. The van der Waals surface area contributed by atoms with Crippen LogP contribution in [0.2, 0.25) is 0 Å². The summed E-state index contributed by atoms with van der Waals surface area (Å²) in [6.07, 6.45) is 9.42. The van der Waals surface area contributed by atoms with E-state index in [0.717, 1.165) is 25.6 Å².